The van der Waals surface area contributed by atoms with Crippen LogP contribution >= 0.6 is 0 Å². The molecule has 0 aliphatic heterocycles. The molecule has 0 unspecified atom stereocenters. The summed E-state index contributed by atoms with van der Waals surface area (Å²) in [7, 11) is 0. The molecule has 0 radical (unpaired) electrons. The van der Waals surface area contributed by atoms with E-state index in [-0.39, 0.29) is 5.78 Å². The third-order valence-electron chi connectivity index (χ3n) is 2.50. The zero-order chi connectivity index (χ0) is 11.5. The van der Waals surface area contributed by atoms with E-state index in [1.54, 1.807) is 0 Å². The fourth-order valence-corrected chi connectivity index (χ4v) is 1.79. The number of benzene rings is 1. The van der Waals surface area contributed by atoms with Crippen LogP contribution in [0.15, 0.2) is 41.0 Å². The molecule has 82 valence electrons. The van der Waals surface area contributed by atoms with Gasteiger partial charge in [-0.15, -0.1) is 0 Å². The highest BCUT2D eigenvalue weighted by Crippen LogP contribution is 2.26. The number of rotatable bonds is 3. The van der Waals surface area contributed by atoms with Gasteiger partial charge in [-0.2, -0.15) is 0 Å². The summed E-state index contributed by atoms with van der Waals surface area (Å²) in [4.78, 5) is 11.7. The Morgan fingerprint density at radius 3 is 2.88 bits per heavy atom. The number of hydrogen-bond donors (Lipinski definition) is 1. The summed E-state index contributed by atoms with van der Waals surface area (Å²) >= 11 is 0. The van der Waals surface area contributed by atoms with Crippen LogP contribution in [-0.4, -0.2) is 10.9 Å². The minimum absolute atomic E-state index is 0.310. The largest absolute Gasteiger partial charge is 0.515 e. The molecular weight excluding hydrogens is 204 g/mol. The van der Waals surface area contributed by atoms with Crippen molar-refractivity contribution in [2.45, 2.75) is 13.3 Å². The number of aliphatic hydroxyl groups excluding tert-OH is 1. The second-order valence-corrected chi connectivity index (χ2v) is 3.44. The number of carbonyl (C=O) groups is 1. The van der Waals surface area contributed by atoms with Gasteiger partial charge in [0.1, 0.15) is 5.58 Å². The molecule has 0 aliphatic carbocycles. The molecule has 1 heterocycles. The van der Waals surface area contributed by atoms with Gasteiger partial charge in [0.05, 0.1) is 6.26 Å². The van der Waals surface area contributed by atoms with Crippen molar-refractivity contribution in [3.8, 4) is 0 Å². The Morgan fingerprint density at radius 2 is 2.19 bits per heavy atom. The van der Waals surface area contributed by atoms with Crippen molar-refractivity contribution in [3.05, 3.63) is 47.9 Å². The van der Waals surface area contributed by atoms with Crippen molar-refractivity contribution in [1.29, 1.82) is 0 Å². The molecule has 0 amide bonds. The van der Waals surface area contributed by atoms with Gasteiger partial charge >= 0.3 is 0 Å². The number of furan rings is 1. The standard InChI is InChI=1S/C13H12O3/c1-2-9-10-5-3-4-6-12(10)16-13(9)11(15)7-8-14/h3-8,14H,2H2,1H3. The van der Waals surface area contributed by atoms with Crippen molar-refractivity contribution in [2.24, 2.45) is 0 Å². The Kier molecular flexibility index (Phi) is 2.77. The summed E-state index contributed by atoms with van der Waals surface area (Å²) in [5, 5.41) is 9.55. The SMILES string of the molecule is CCc1c(C(=O)C=CO)oc2ccccc12. The molecule has 0 fully saturated rings. The summed E-state index contributed by atoms with van der Waals surface area (Å²) in [5.74, 6) is 0.00421. The molecule has 1 aromatic heterocycles. The second kappa shape index (κ2) is 4.23. The molecular formula is C13H12O3. The Labute approximate surface area is 93.0 Å². The van der Waals surface area contributed by atoms with Crippen LogP contribution in [0.25, 0.3) is 11.0 Å². The fraction of sp³-hybridized carbons (Fsp3) is 0.154. The number of fused-ring (bicyclic) bond motifs is 1. The van der Waals surface area contributed by atoms with Crippen molar-refractivity contribution in [1.82, 2.24) is 0 Å². The molecule has 2 aromatic rings. The number of ketones is 1. The van der Waals surface area contributed by atoms with Gasteiger partial charge in [0.25, 0.3) is 0 Å². The van der Waals surface area contributed by atoms with E-state index in [1.165, 1.54) is 0 Å². The number of hydrogen-bond acceptors (Lipinski definition) is 3. The summed E-state index contributed by atoms with van der Waals surface area (Å²) in [6.45, 7) is 1.97. The van der Waals surface area contributed by atoms with Crippen molar-refractivity contribution < 1.29 is 14.3 Å². The average Bonchev–Trinajstić information content (AvgIpc) is 2.67. The van der Waals surface area contributed by atoms with Crippen LogP contribution in [0.5, 0.6) is 0 Å². The van der Waals surface area contributed by atoms with E-state index in [0.29, 0.717) is 11.3 Å². The third kappa shape index (κ3) is 1.60. The predicted molar refractivity (Wildman–Crippen MR) is 61.7 cm³/mol. The zero-order valence-electron chi connectivity index (χ0n) is 8.93. The molecule has 0 aliphatic rings. The molecule has 16 heavy (non-hydrogen) atoms. The maximum Gasteiger partial charge on any atom is 0.224 e. The molecule has 3 nitrogen and oxygen atoms in total. The Morgan fingerprint density at radius 1 is 1.44 bits per heavy atom. The lowest BCUT2D eigenvalue weighted by Gasteiger charge is -1.94. The number of carbonyl (C=O) groups excluding carboxylic acids is 1. The monoisotopic (exact) mass is 216 g/mol. The van der Waals surface area contributed by atoms with Crippen LogP contribution < -0.4 is 0 Å². The van der Waals surface area contributed by atoms with E-state index in [2.05, 4.69) is 0 Å². The van der Waals surface area contributed by atoms with Crippen LogP contribution in [0.4, 0.5) is 0 Å². The molecule has 1 N–H and O–H groups in total. The van der Waals surface area contributed by atoms with E-state index in [0.717, 1.165) is 29.7 Å². The van der Waals surface area contributed by atoms with Crippen LogP contribution in [0.1, 0.15) is 23.0 Å². The van der Waals surface area contributed by atoms with Gasteiger partial charge in [-0.3, -0.25) is 4.79 Å². The Balaban J connectivity index is 2.65. The van der Waals surface area contributed by atoms with E-state index in [1.807, 2.05) is 31.2 Å². The minimum atomic E-state index is -0.310. The van der Waals surface area contributed by atoms with Crippen LogP contribution in [0, 0.1) is 0 Å². The van der Waals surface area contributed by atoms with E-state index in [4.69, 9.17) is 9.52 Å². The number of allylic oxidation sites excluding steroid dienone is 1. The highest BCUT2D eigenvalue weighted by Gasteiger charge is 2.16. The number of aryl methyl sites for hydroxylation is 1. The molecule has 0 bridgehead atoms. The maximum absolute atomic E-state index is 11.7. The normalized spacial score (nSPS) is 11.3. The first kappa shape index (κ1) is 10.5. The molecule has 0 saturated carbocycles. The lowest BCUT2D eigenvalue weighted by atomic mass is 10.1. The second-order valence-electron chi connectivity index (χ2n) is 3.44. The third-order valence-corrected chi connectivity index (χ3v) is 2.50. The van der Waals surface area contributed by atoms with Crippen molar-refractivity contribution >= 4 is 16.8 Å². The summed E-state index contributed by atoms with van der Waals surface area (Å²) < 4.78 is 5.49. The molecule has 2 rings (SSSR count). The molecule has 0 atom stereocenters. The van der Waals surface area contributed by atoms with Gasteiger partial charge in [-0.25, -0.2) is 0 Å². The first-order valence-electron chi connectivity index (χ1n) is 5.13. The summed E-state index contributed by atoms with van der Waals surface area (Å²) in [6, 6.07) is 7.53. The van der Waals surface area contributed by atoms with Gasteiger partial charge in [0.15, 0.2) is 5.76 Å². The topological polar surface area (TPSA) is 50.4 Å². The molecule has 3 heteroatoms. The number of aliphatic hydroxyl groups is 1. The van der Waals surface area contributed by atoms with Crippen LogP contribution in [0.2, 0.25) is 0 Å². The van der Waals surface area contributed by atoms with Crippen LogP contribution in [0.3, 0.4) is 0 Å². The van der Waals surface area contributed by atoms with Gasteiger partial charge in [-0.1, -0.05) is 25.1 Å². The Bertz CT molecular complexity index is 549. The molecule has 0 spiro atoms. The smallest absolute Gasteiger partial charge is 0.224 e. The lowest BCUT2D eigenvalue weighted by molar-refractivity contribution is 0.102. The lowest BCUT2D eigenvalue weighted by Crippen LogP contribution is -1.96. The highest BCUT2D eigenvalue weighted by atomic mass is 16.3. The average molecular weight is 216 g/mol. The predicted octanol–water partition coefficient (Wildman–Crippen LogP) is 3.25. The Hall–Kier alpha value is -2.03. The van der Waals surface area contributed by atoms with Gasteiger partial charge in [0, 0.05) is 17.0 Å². The molecule has 0 saturated heterocycles. The minimum Gasteiger partial charge on any atom is -0.515 e. The first-order valence-corrected chi connectivity index (χ1v) is 5.13. The zero-order valence-corrected chi connectivity index (χ0v) is 8.93. The van der Waals surface area contributed by atoms with Crippen LogP contribution in [-0.2, 0) is 6.42 Å². The van der Waals surface area contributed by atoms with Crippen molar-refractivity contribution in [2.75, 3.05) is 0 Å². The quantitative estimate of drug-likeness (QED) is 0.486. The van der Waals surface area contributed by atoms with E-state index < -0.39 is 0 Å². The van der Waals surface area contributed by atoms with Crippen molar-refractivity contribution in [3.63, 3.8) is 0 Å². The van der Waals surface area contributed by atoms with E-state index in [9.17, 15) is 4.79 Å². The van der Waals surface area contributed by atoms with Gasteiger partial charge < -0.3 is 9.52 Å². The molecule has 1 aromatic carbocycles. The van der Waals surface area contributed by atoms with Gasteiger partial charge in [0.2, 0.25) is 5.78 Å². The maximum atomic E-state index is 11.7. The summed E-state index contributed by atoms with van der Waals surface area (Å²) in [5.41, 5.74) is 1.59. The number of para-hydroxylation sites is 1. The highest BCUT2D eigenvalue weighted by molar-refractivity contribution is 6.06. The van der Waals surface area contributed by atoms with E-state index >= 15 is 0 Å². The first-order chi connectivity index (χ1) is 7.77. The fourth-order valence-electron chi connectivity index (χ4n) is 1.79. The van der Waals surface area contributed by atoms with Gasteiger partial charge in [-0.05, 0) is 12.5 Å². The summed E-state index contributed by atoms with van der Waals surface area (Å²) in [6.07, 6.45) is 2.54.